The van der Waals surface area contributed by atoms with Crippen molar-refractivity contribution in [2.24, 2.45) is 5.73 Å². The van der Waals surface area contributed by atoms with E-state index >= 15 is 0 Å². The Morgan fingerprint density at radius 1 is 1.13 bits per heavy atom. The summed E-state index contributed by atoms with van der Waals surface area (Å²) in [6.07, 6.45) is 0.493. The van der Waals surface area contributed by atoms with Crippen LogP contribution in [0.25, 0.3) is 0 Å². The third-order valence-electron chi connectivity index (χ3n) is 2.14. The average Bonchev–Trinajstić information content (AvgIpc) is 2.26. The minimum atomic E-state index is -1.37. The van der Waals surface area contributed by atoms with E-state index in [9.17, 15) is 9.59 Å². The molecule has 4 heteroatoms. The fourth-order valence-corrected chi connectivity index (χ4v) is 1.21. The Kier molecular flexibility index (Phi) is 4.00. The molecule has 0 saturated carbocycles. The van der Waals surface area contributed by atoms with Crippen molar-refractivity contribution in [3.05, 3.63) is 35.4 Å². The molecular formula is C11H13NO3. The van der Waals surface area contributed by atoms with Gasteiger partial charge in [0.25, 0.3) is 0 Å². The zero-order valence-corrected chi connectivity index (χ0v) is 8.27. The Morgan fingerprint density at radius 3 is 2.13 bits per heavy atom. The molecule has 0 unspecified atom stereocenters. The van der Waals surface area contributed by atoms with Crippen LogP contribution in [-0.2, 0) is 22.6 Å². The molecule has 0 aliphatic heterocycles. The van der Waals surface area contributed by atoms with Gasteiger partial charge < -0.3 is 10.8 Å². The lowest BCUT2D eigenvalue weighted by atomic mass is 10.1. The van der Waals surface area contributed by atoms with Gasteiger partial charge >= 0.3 is 5.97 Å². The Hall–Kier alpha value is -1.68. The number of carbonyl (C=O) groups excluding carboxylic acids is 1. The second-order valence-electron chi connectivity index (χ2n) is 3.25. The predicted molar refractivity (Wildman–Crippen MR) is 55.3 cm³/mol. The molecule has 1 aromatic carbocycles. The van der Waals surface area contributed by atoms with Gasteiger partial charge in [-0.05, 0) is 17.5 Å². The molecule has 0 bridgehead atoms. The summed E-state index contributed by atoms with van der Waals surface area (Å²) in [5.74, 6) is -2.12. The van der Waals surface area contributed by atoms with Gasteiger partial charge in [0.1, 0.15) is 0 Å². The van der Waals surface area contributed by atoms with Crippen molar-refractivity contribution in [2.45, 2.75) is 19.4 Å². The van der Waals surface area contributed by atoms with Gasteiger partial charge in [0.2, 0.25) is 5.78 Å². The van der Waals surface area contributed by atoms with E-state index in [0.29, 0.717) is 13.0 Å². The second-order valence-corrected chi connectivity index (χ2v) is 3.25. The number of aliphatic carboxylic acids is 1. The number of nitrogens with two attached hydrogens (primary N) is 1. The number of rotatable bonds is 5. The van der Waals surface area contributed by atoms with Crippen molar-refractivity contribution in [3.8, 4) is 0 Å². The van der Waals surface area contributed by atoms with Crippen LogP contribution in [0.4, 0.5) is 0 Å². The highest BCUT2D eigenvalue weighted by Gasteiger charge is 2.10. The minimum Gasteiger partial charge on any atom is -0.476 e. The molecule has 15 heavy (non-hydrogen) atoms. The number of hydrogen-bond donors (Lipinski definition) is 2. The smallest absolute Gasteiger partial charge is 0.372 e. The number of Topliss-reactive ketones (excluding diaryl/α,β-unsaturated/α-hetero) is 1. The van der Waals surface area contributed by atoms with Crippen LogP contribution in [0.3, 0.4) is 0 Å². The molecule has 0 fully saturated rings. The topological polar surface area (TPSA) is 80.4 Å². The van der Waals surface area contributed by atoms with Crippen LogP contribution in [0.2, 0.25) is 0 Å². The van der Waals surface area contributed by atoms with Crippen molar-refractivity contribution < 1.29 is 14.7 Å². The number of aryl methyl sites for hydroxylation is 1. The first-order valence-corrected chi connectivity index (χ1v) is 4.67. The molecule has 0 aliphatic rings. The molecule has 4 nitrogen and oxygen atoms in total. The fraction of sp³-hybridized carbons (Fsp3) is 0.273. The molecule has 1 aromatic rings. The Labute approximate surface area is 87.7 Å². The van der Waals surface area contributed by atoms with E-state index in [1.54, 1.807) is 0 Å². The standard InChI is InChI=1S/C11H13NO3/c12-7-9-3-1-8(2-4-9)5-6-10(13)11(14)15/h1-4H,5-7,12H2,(H,14,15). The summed E-state index contributed by atoms with van der Waals surface area (Å²) in [5.41, 5.74) is 7.39. The third-order valence-corrected chi connectivity index (χ3v) is 2.14. The van der Waals surface area contributed by atoms with Crippen LogP contribution >= 0.6 is 0 Å². The fourth-order valence-electron chi connectivity index (χ4n) is 1.21. The van der Waals surface area contributed by atoms with E-state index in [4.69, 9.17) is 10.8 Å². The third kappa shape index (κ3) is 3.52. The molecule has 0 spiro atoms. The monoisotopic (exact) mass is 207 g/mol. The second kappa shape index (κ2) is 5.26. The van der Waals surface area contributed by atoms with Gasteiger partial charge in [-0.25, -0.2) is 4.79 Å². The molecule has 0 amide bonds. The van der Waals surface area contributed by atoms with Crippen molar-refractivity contribution in [2.75, 3.05) is 0 Å². The lowest BCUT2D eigenvalue weighted by molar-refractivity contribution is -0.149. The molecule has 80 valence electrons. The number of benzene rings is 1. The molecule has 1 rings (SSSR count). The van der Waals surface area contributed by atoms with Crippen molar-refractivity contribution >= 4 is 11.8 Å². The van der Waals surface area contributed by atoms with Gasteiger partial charge in [-0.2, -0.15) is 0 Å². The van der Waals surface area contributed by atoms with Gasteiger partial charge in [0, 0.05) is 13.0 Å². The number of carboxylic acid groups (broad SMARTS) is 1. The van der Waals surface area contributed by atoms with Crippen LogP contribution in [-0.4, -0.2) is 16.9 Å². The highest BCUT2D eigenvalue weighted by Crippen LogP contribution is 2.06. The maximum absolute atomic E-state index is 10.8. The van der Waals surface area contributed by atoms with Crippen molar-refractivity contribution in [1.82, 2.24) is 0 Å². The van der Waals surface area contributed by atoms with Crippen molar-refractivity contribution in [1.29, 1.82) is 0 Å². The quantitative estimate of drug-likeness (QED) is 0.697. The first-order valence-electron chi connectivity index (χ1n) is 4.67. The van der Waals surface area contributed by atoms with Gasteiger partial charge in [0.15, 0.2) is 0 Å². The van der Waals surface area contributed by atoms with E-state index in [0.717, 1.165) is 11.1 Å². The molecule has 0 heterocycles. The predicted octanol–water partition coefficient (Wildman–Crippen LogP) is 0.732. The summed E-state index contributed by atoms with van der Waals surface area (Å²) >= 11 is 0. The van der Waals surface area contributed by atoms with E-state index in [-0.39, 0.29) is 6.42 Å². The molecule has 3 N–H and O–H groups in total. The number of carboxylic acids is 1. The van der Waals surface area contributed by atoms with E-state index in [2.05, 4.69) is 0 Å². The molecule has 0 aliphatic carbocycles. The Bertz CT molecular complexity index is 357. The number of hydrogen-bond acceptors (Lipinski definition) is 3. The molecule has 0 saturated heterocycles. The average molecular weight is 207 g/mol. The highest BCUT2D eigenvalue weighted by molar-refractivity contribution is 6.32. The zero-order valence-electron chi connectivity index (χ0n) is 8.27. The first-order chi connectivity index (χ1) is 7.13. The Balaban J connectivity index is 2.51. The van der Waals surface area contributed by atoms with E-state index in [1.165, 1.54) is 0 Å². The molecule has 0 atom stereocenters. The maximum Gasteiger partial charge on any atom is 0.372 e. The number of carbonyl (C=O) groups is 2. The maximum atomic E-state index is 10.8. The number of ketones is 1. The lowest BCUT2D eigenvalue weighted by Gasteiger charge is -2.00. The molecule has 0 radical (unpaired) electrons. The van der Waals surface area contributed by atoms with Crippen LogP contribution in [0, 0.1) is 0 Å². The van der Waals surface area contributed by atoms with Crippen LogP contribution in [0.1, 0.15) is 17.5 Å². The van der Waals surface area contributed by atoms with E-state index in [1.807, 2.05) is 24.3 Å². The van der Waals surface area contributed by atoms with E-state index < -0.39 is 11.8 Å². The van der Waals surface area contributed by atoms with Crippen LogP contribution < -0.4 is 5.73 Å². The summed E-state index contributed by atoms with van der Waals surface area (Å²) in [5, 5.41) is 8.38. The van der Waals surface area contributed by atoms with Crippen molar-refractivity contribution in [3.63, 3.8) is 0 Å². The van der Waals surface area contributed by atoms with Crippen LogP contribution in [0.5, 0.6) is 0 Å². The normalized spacial score (nSPS) is 9.93. The SMILES string of the molecule is NCc1ccc(CCC(=O)C(=O)O)cc1. The summed E-state index contributed by atoms with van der Waals surface area (Å²) < 4.78 is 0. The van der Waals surface area contributed by atoms with Gasteiger partial charge in [-0.1, -0.05) is 24.3 Å². The summed E-state index contributed by atoms with van der Waals surface area (Å²) in [7, 11) is 0. The van der Waals surface area contributed by atoms with Gasteiger partial charge in [-0.15, -0.1) is 0 Å². The summed E-state index contributed by atoms with van der Waals surface area (Å²) in [6, 6.07) is 7.47. The highest BCUT2D eigenvalue weighted by atomic mass is 16.4. The van der Waals surface area contributed by atoms with Crippen LogP contribution in [0.15, 0.2) is 24.3 Å². The Morgan fingerprint density at radius 2 is 1.67 bits per heavy atom. The minimum absolute atomic E-state index is 0.0390. The summed E-state index contributed by atoms with van der Waals surface area (Å²) in [6.45, 7) is 0.480. The first kappa shape index (κ1) is 11.4. The summed E-state index contributed by atoms with van der Waals surface area (Å²) in [4.78, 5) is 21.1. The molecular weight excluding hydrogens is 194 g/mol. The lowest BCUT2D eigenvalue weighted by Crippen LogP contribution is -2.12. The largest absolute Gasteiger partial charge is 0.476 e. The molecule has 0 aromatic heterocycles. The van der Waals surface area contributed by atoms with Gasteiger partial charge in [-0.3, -0.25) is 4.79 Å². The zero-order chi connectivity index (χ0) is 11.3. The van der Waals surface area contributed by atoms with Gasteiger partial charge in [0.05, 0.1) is 0 Å².